The number of carbonyl (C=O) groups is 2. The Morgan fingerprint density at radius 1 is 1.35 bits per heavy atom. The highest BCUT2D eigenvalue weighted by Crippen LogP contribution is 2.30. The van der Waals surface area contributed by atoms with E-state index in [9.17, 15) is 9.59 Å². The summed E-state index contributed by atoms with van der Waals surface area (Å²) in [4.78, 5) is 25.9. The predicted octanol–water partition coefficient (Wildman–Crippen LogP) is 3.43. The fraction of sp³-hybridized carbons (Fsp3) is 0.500. The van der Waals surface area contributed by atoms with Crippen LogP contribution in [-0.2, 0) is 11.2 Å². The number of benzene rings is 1. The van der Waals surface area contributed by atoms with E-state index in [0.29, 0.717) is 25.3 Å². The zero-order valence-corrected chi connectivity index (χ0v) is 12.7. The fourth-order valence-corrected chi connectivity index (χ4v) is 2.62. The van der Waals surface area contributed by atoms with Gasteiger partial charge in [-0.25, -0.2) is 0 Å². The van der Waals surface area contributed by atoms with Gasteiger partial charge >= 0.3 is 0 Å². The zero-order valence-electron chi connectivity index (χ0n) is 12.0. The topological polar surface area (TPSA) is 37.4 Å². The van der Waals surface area contributed by atoms with E-state index in [4.69, 9.17) is 11.6 Å². The molecule has 20 heavy (non-hydrogen) atoms. The van der Waals surface area contributed by atoms with E-state index in [1.54, 1.807) is 0 Å². The molecule has 1 aliphatic heterocycles. The van der Waals surface area contributed by atoms with Crippen LogP contribution in [0.2, 0.25) is 0 Å². The molecule has 1 aliphatic rings. The molecule has 1 amide bonds. The zero-order chi connectivity index (χ0) is 14.7. The molecule has 0 bridgehead atoms. The van der Waals surface area contributed by atoms with Crippen molar-refractivity contribution in [2.45, 2.75) is 33.1 Å². The first kappa shape index (κ1) is 15.0. The van der Waals surface area contributed by atoms with Crippen molar-refractivity contribution in [2.24, 2.45) is 5.92 Å². The number of anilines is 1. The van der Waals surface area contributed by atoms with Gasteiger partial charge in [-0.2, -0.15) is 0 Å². The van der Waals surface area contributed by atoms with Crippen molar-refractivity contribution < 1.29 is 9.59 Å². The summed E-state index contributed by atoms with van der Waals surface area (Å²) in [5, 5.41) is 0. The lowest BCUT2D eigenvalue weighted by Crippen LogP contribution is -2.32. The van der Waals surface area contributed by atoms with Crippen molar-refractivity contribution in [1.29, 1.82) is 0 Å². The highest BCUT2D eigenvalue weighted by Gasteiger charge is 2.26. The number of nitrogens with zero attached hydrogens (tertiary/aromatic N) is 1. The van der Waals surface area contributed by atoms with E-state index in [0.717, 1.165) is 23.2 Å². The summed E-state index contributed by atoms with van der Waals surface area (Å²) in [6.45, 7) is 4.53. The first-order valence-corrected chi connectivity index (χ1v) is 7.61. The number of halogens is 1. The molecule has 108 valence electrons. The summed E-state index contributed by atoms with van der Waals surface area (Å²) in [6.07, 6.45) is 2.01. The van der Waals surface area contributed by atoms with E-state index in [1.165, 1.54) is 0 Å². The molecular formula is C16H20ClNO2. The monoisotopic (exact) mass is 293 g/mol. The second-order valence-electron chi connectivity index (χ2n) is 5.45. The van der Waals surface area contributed by atoms with Crippen molar-refractivity contribution in [2.75, 3.05) is 17.3 Å². The van der Waals surface area contributed by atoms with Crippen LogP contribution in [0.1, 0.15) is 42.6 Å². The minimum absolute atomic E-state index is 0.00835. The Balaban J connectivity index is 2.18. The van der Waals surface area contributed by atoms with E-state index < -0.39 is 0 Å². The van der Waals surface area contributed by atoms with Crippen molar-refractivity contribution in [3.63, 3.8) is 0 Å². The Morgan fingerprint density at radius 2 is 2.10 bits per heavy atom. The minimum Gasteiger partial charge on any atom is -0.312 e. The van der Waals surface area contributed by atoms with E-state index in [2.05, 4.69) is 0 Å². The van der Waals surface area contributed by atoms with Gasteiger partial charge in [0.25, 0.3) is 0 Å². The van der Waals surface area contributed by atoms with Crippen molar-refractivity contribution in [3.8, 4) is 0 Å². The quantitative estimate of drug-likeness (QED) is 0.616. The van der Waals surface area contributed by atoms with Gasteiger partial charge in [0.1, 0.15) is 0 Å². The first-order valence-electron chi connectivity index (χ1n) is 7.08. The molecule has 0 unspecified atom stereocenters. The molecule has 0 fully saturated rings. The third-order valence-electron chi connectivity index (χ3n) is 3.59. The molecular weight excluding hydrogens is 274 g/mol. The number of fused-ring (bicyclic) bond motifs is 1. The van der Waals surface area contributed by atoms with Crippen molar-refractivity contribution in [1.82, 2.24) is 0 Å². The number of Topliss-reactive ketones (excluding diaryl/α,β-unsaturated/α-hetero) is 1. The summed E-state index contributed by atoms with van der Waals surface area (Å²) < 4.78 is 0. The second-order valence-corrected chi connectivity index (χ2v) is 5.83. The predicted molar refractivity (Wildman–Crippen MR) is 81.6 cm³/mol. The molecule has 0 aromatic heterocycles. The molecule has 0 radical (unpaired) electrons. The molecule has 0 aliphatic carbocycles. The van der Waals surface area contributed by atoms with E-state index in [1.807, 2.05) is 36.9 Å². The van der Waals surface area contributed by atoms with Crippen LogP contribution in [0.15, 0.2) is 18.2 Å². The first-order chi connectivity index (χ1) is 9.54. The maximum Gasteiger partial charge on any atom is 0.229 e. The maximum absolute atomic E-state index is 12.1. The molecule has 1 heterocycles. The minimum atomic E-state index is -0.00835. The summed E-state index contributed by atoms with van der Waals surface area (Å²) in [7, 11) is 0. The van der Waals surface area contributed by atoms with Gasteiger partial charge in [0.05, 0.1) is 0 Å². The van der Waals surface area contributed by atoms with Gasteiger partial charge in [-0.15, -0.1) is 11.6 Å². The molecule has 3 nitrogen and oxygen atoms in total. The molecule has 0 N–H and O–H groups in total. The lowest BCUT2D eigenvalue weighted by molar-refractivity contribution is -0.121. The lowest BCUT2D eigenvalue weighted by Gasteiger charge is -2.19. The number of ketones is 1. The van der Waals surface area contributed by atoms with Gasteiger partial charge in [-0.1, -0.05) is 13.8 Å². The number of hydrogen-bond acceptors (Lipinski definition) is 2. The summed E-state index contributed by atoms with van der Waals surface area (Å²) >= 11 is 5.61. The normalized spacial score (nSPS) is 13.7. The largest absolute Gasteiger partial charge is 0.312 e. The van der Waals surface area contributed by atoms with Crippen LogP contribution in [0.3, 0.4) is 0 Å². The number of rotatable bonds is 5. The number of carbonyl (C=O) groups excluding carboxylic acids is 2. The maximum atomic E-state index is 12.1. The molecule has 2 rings (SSSR count). The van der Waals surface area contributed by atoms with Gasteiger partial charge in [0.2, 0.25) is 5.91 Å². The summed E-state index contributed by atoms with van der Waals surface area (Å²) in [6, 6.07) is 5.65. The van der Waals surface area contributed by atoms with Gasteiger partial charge in [-0.3, -0.25) is 9.59 Å². The van der Waals surface area contributed by atoms with Crippen LogP contribution in [-0.4, -0.2) is 24.1 Å². The Bertz CT molecular complexity index is 525. The fourth-order valence-electron chi connectivity index (χ4n) is 2.49. The van der Waals surface area contributed by atoms with Crippen LogP contribution in [0, 0.1) is 5.92 Å². The van der Waals surface area contributed by atoms with Gasteiger partial charge in [0, 0.05) is 36.0 Å². The Morgan fingerprint density at radius 3 is 2.75 bits per heavy atom. The molecule has 0 saturated carbocycles. The van der Waals surface area contributed by atoms with E-state index >= 15 is 0 Å². The molecule has 1 aromatic carbocycles. The SMILES string of the molecule is CC(C)C(=O)N1CCc2cc(C(=O)CCCCl)ccc21. The number of amides is 1. The van der Waals surface area contributed by atoms with E-state index in [-0.39, 0.29) is 17.6 Å². The van der Waals surface area contributed by atoms with Crippen molar-refractivity contribution >= 4 is 29.0 Å². The van der Waals surface area contributed by atoms with Crippen LogP contribution < -0.4 is 4.90 Å². The van der Waals surface area contributed by atoms with Crippen LogP contribution >= 0.6 is 11.6 Å². The number of hydrogen-bond donors (Lipinski definition) is 0. The second kappa shape index (κ2) is 6.40. The van der Waals surface area contributed by atoms with Gasteiger partial charge < -0.3 is 4.90 Å². The highest BCUT2D eigenvalue weighted by molar-refractivity contribution is 6.18. The average molecular weight is 294 g/mol. The highest BCUT2D eigenvalue weighted by atomic mass is 35.5. The third kappa shape index (κ3) is 3.04. The third-order valence-corrected chi connectivity index (χ3v) is 3.86. The molecule has 1 aromatic rings. The molecule has 0 spiro atoms. The van der Waals surface area contributed by atoms with Crippen molar-refractivity contribution in [3.05, 3.63) is 29.3 Å². The summed E-state index contributed by atoms with van der Waals surface area (Å²) in [5.74, 6) is 0.769. The summed E-state index contributed by atoms with van der Waals surface area (Å²) in [5.41, 5.74) is 2.78. The molecule has 0 atom stereocenters. The van der Waals surface area contributed by atoms with Crippen LogP contribution in [0.4, 0.5) is 5.69 Å². The molecule has 0 saturated heterocycles. The Kier molecular flexibility index (Phi) is 4.81. The van der Waals surface area contributed by atoms with Gasteiger partial charge in [0.15, 0.2) is 5.78 Å². The van der Waals surface area contributed by atoms with Crippen LogP contribution in [0.5, 0.6) is 0 Å². The van der Waals surface area contributed by atoms with Gasteiger partial charge in [-0.05, 0) is 36.6 Å². The lowest BCUT2D eigenvalue weighted by atomic mass is 10.0. The molecule has 4 heteroatoms. The Hall–Kier alpha value is -1.35. The Labute approximate surface area is 124 Å². The standard InChI is InChI=1S/C16H20ClNO2/c1-11(2)16(20)18-9-7-12-10-13(5-6-14(12)18)15(19)4-3-8-17/h5-6,10-11H,3-4,7-9H2,1-2H3. The average Bonchev–Trinajstić information content (AvgIpc) is 2.86. The van der Waals surface area contributed by atoms with Crippen LogP contribution in [0.25, 0.3) is 0 Å². The number of alkyl halides is 1. The smallest absolute Gasteiger partial charge is 0.229 e.